The van der Waals surface area contributed by atoms with Crippen molar-refractivity contribution in [2.75, 3.05) is 0 Å². The standard InChI is InChI=1S/C26H19FNS.C18H24NSi.Ir/c1-15-11-16(2)25(17(3)12-15)18-9-10-28-23(13-18)22-6-4-5-21-20-8-7-19(27)14-24(20)29-26(21)22;1-13(2)16-11-17(15-9-7-14(3)8-10-15)19-12-18(16)20(4,5)6;/h4-5,7-14H,1-3H3;7-9,11-13H,1-6H3;/q2*-1;/i;3D3,13D;. The van der Waals surface area contributed by atoms with Gasteiger partial charge in [-0.3, -0.25) is 0 Å². The topological polar surface area (TPSA) is 25.8 Å². The van der Waals surface area contributed by atoms with Gasteiger partial charge in [0.05, 0.1) is 8.07 Å². The summed E-state index contributed by atoms with van der Waals surface area (Å²) >= 11 is 1.60. The number of aromatic nitrogens is 2. The summed E-state index contributed by atoms with van der Waals surface area (Å²) in [6.07, 6.45) is 3.75. The quantitative estimate of drug-likeness (QED) is 0.127. The molecule has 7 rings (SSSR count). The van der Waals surface area contributed by atoms with Crippen molar-refractivity contribution in [3.05, 3.63) is 137 Å². The Bertz CT molecular complexity index is 2440. The second kappa shape index (κ2) is 15.2. The predicted octanol–water partition coefficient (Wildman–Crippen LogP) is 12.2. The molecule has 7 aromatic rings. The zero-order valence-corrected chi connectivity index (χ0v) is 33.9. The van der Waals surface area contributed by atoms with Gasteiger partial charge in [0.2, 0.25) is 0 Å². The van der Waals surface area contributed by atoms with Crippen LogP contribution in [0.25, 0.3) is 53.8 Å². The van der Waals surface area contributed by atoms with E-state index < -0.39 is 20.8 Å². The molecule has 0 saturated heterocycles. The van der Waals surface area contributed by atoms with Gasteiger partial charge >= 0.3 is 0 Å². The first-order valence-electron chi connectivity index (χ1n) is 18.4. The van der Waals surface area contributed by atoms with Gasteiger partial charge in [-0.2, -0.15) is 11.3 Å². The maximum Gasteiger partial charge on any atom is 0.124 e. The molecule has 4 aromatic carbocycles. The molecule has 0 amide bonds. The van der Waals surface area contributed by atoms with E-state index >= 15 is 0 Å². The first-order chi connectivity index (χ1) is 24.8. The van der Waals surface area contributed by atoms with Crippen molar-refractivity contribution < 1.29 is 30.0 Å². The van der Waals surface area contributed by atoms with E-state index in [4.69, 9.17) is 5.48 Å². The summed E-state index contributed by atoms with van der Waals surface area (Å²) in [6.45, 7) is 14.8. The molecule has 1 radical (unpaired) electrons. The molecule has 0 unspecified atom stereocenters. The Morgan fingerprint density at radius 2 is 1.60 bits per heavy atom. The van der Waals surface area contributed by atoms with Crippen LogP contribution >= 0.6 is 11.3 Å². The van der Waals surface area contributed by atoms with Crippen molar-refractivity contribution in [1.82, 2.24) is 9.97 Å². The number of thiophene rings is 1. The van der Waals surface area contributed by atoms with E-state index in [1.54, 1.807) is 29.5 Å². The van der Waals surface area contributed by atoms with Crippen LogP contribution in [0.15, 0.2) is 91.3 Å². The van der Waals surface area contributed by atoms with Gasteiger partial charge < -0.3 is 9.97 Å². The monoisotopic (exact) mass is 875 g/mol. The van der Waals surface area contributed by atoms with Gasteiger partial charge in [-0.1, -0.05) is 87.2 Å². The van der Waals surface area contributed by atoms with Gasteiger partial charge in [-0.05, 0) is 93.8 Å². The maximum absolute atomic E-state index is 13.7. The van der Waals surface area contributed by atoms with Crippen molar-refractivity contribution in [3.63, 3.8) is 0 Å². The van der Waals surface area contributed by atoms with E-state index in [0.717, 1.165) is 53.8 Å². The van der Waals surface area contributed by atoms with Crippen molar-refractivity contribution in [3.8, 4) is 33.6 Å². The molecule has 0 spiro atoms. The Labute approximate surface area is 320 Å². The van der Waals surface area contributed by atoms with Crippen LogP contribution in [0.5, 0.6) is 0 Å². The largest absolute Gasteiger partial charge is 0.305 e. The fourth-order valence-electron chi connectivity index (χ4n) is 6.46. The molecular formula is C44H43FIrN2SSi-2. The van der Waals surface area contributed by atoms with E-state index in [0.29, 0.717) is 0 Å². The Kier molecular flexibility index (Phi) is 9.77. The van der Waals surface area contributed by atoms with Gasteiger partial charge in [0, 0.05) is 42.7 Å². The van der Waals surface area contributed by atoms with Crippen LogP contribution in [-0.2, 0) is 20.1 Å². The van der Waals surface area contributed by atoms with E-state index in [1.165, 1.54) is 39.6 Å². The summed E-state index contributed by atoms with van der Waals surface area (Å²) in [4.78, 5) is 9.21. The van der Waals surface area contributed by atoms with Crippen LogP contribution in [0.2, 0.25) is 19.6 Å². The molecule has 3 heterocycles. The van der Waals surface area contributed by atoms with E-state index in [1.807, 2.05) is 50.5 Å². The third-order valence-corrected chi connectivity index (χ3v) is 11.9. The van der Waals surface area contributed by atoms with E-state index in [9.17, 15) is 4.39 Å². The van der Waals surface area contributed by atoms with Crippen LogP contribution in [0.1, 0.15) is 53.0 Å². The third-order valence-electron chi connectivity index (χ3n) is 8.72. The van der Waals surface area contributed by atoms with E-state index in [2.05, 4.69) is 86.8 Å². The fourth-order valence-corrected chi connectivity index (χ4v) is 9.28. The second-order valence-electron chi connectivity index (χ2n) is 13.9. The molecule has 0 atom stereocenters. The van der Waals surface area contributed by atoms with Crippen molar-refractivity contribution in [2.24, 2.45) is 0 Å². The number of hydrogen-bond acceptors (Lipinski definition) is 3. The van der Waals surface area contributed by atoms with Gasteiger partial charge in [0.25, 0.3) is 0 Å². The summed E-state index contributed by atoms with van der Waals surface area (Å²) in [7, 11) is -1.61. The first kappa shape index (κ1) is 32.1. The molecule has 3 aromatic heterocycles. The molecular weight excluding hydrogens is 828 g/mol. The zero-order chi connectivity index (χ0) is 38.5. The Balaban J connectivity index is 0.000000208. The molecule has 0 aliphatic heterocycles. The van der Waals surface area contributed by atoms with Crippen LogP contribution in [0, 0.1) is 45.6 Å². The number of aryl methyl sites for hydroxylation is 4. The number of pyridine rings is 2. The number of hydrogen-bond donors (Lipinski definition) is 0. The van der Waals surface area contributed by atoms with Crippen molar-refractivity contribution in [2.45, 2.75) is 67.0 Å². The minimum atomic E-state index is -2.13. The van der Waals surface area contributed by atoms with E-state index in [-0.39, 0.29) is 31.5 Å². The number of benzene rings is 4. The molecule has 257 valence electrons. The van der Waals surface area contributed by atoms with Crippen LogP contribution < -0.4 is 5.19 Å². The SMILES string of the molecule is Cc1cc(C)c(-c2ccnc(-c3[c-]ccc4c3sc3cc(F)ccc34)c2)c(C)c1.[2H]C([2H])([2H])c1c[c-]c(-c2cc(C([2H])(C)C)c([Si](C)(C)C)cn2)cc1.[Ir]. The van der Waals surface area contributed by atoms with Gasteiger partial charge in [-0.25, -0.2) is 4.39 Å². The third kappa shape index (κ3) is 7.90. The molecule has 6 heteroatoms. The molecule has 50 heavy (non-hydrogen) atoms. The number of halogens is 1. The Morgan fingerprint density at radius 1 is 0.840 bits per heavy atom. The van der Waals surface area contributed by atoms with Crippen LogP contribution in [0.4, 0.5) is 4.39 Å². The summed E-state index contributed by atoms with van der Waals surface area (Å²) < 4.78 is 46.6. The van der Waals surface area contributed by atoms with Gasteiger partial charge in [0.15, 0.2) is 0 Å². The predicted molar refractivity (Wildman–Crippen MR) is 211 cm³/mol. The molecule has 0 fully saturated rings. The maximum atomic E-state index is 13.7. The second-order valence-corrected chi connectivity index (χ2v) is 20.0. The molecule has 0 aliphatic carbocycles. The average Bonchev–Trinajstić information content (AvgIpc) is 3.45. The molecule has 0 saturated carbocycles. The van der Waals surface area contributed by atoms with Crippen LogP contribution in [-0.4, -0.2) is 18.0 Å². The first-order valence-corrected chi connectivity index (χ1v) is 20.7. The smallest absolute Gasteiger partial charge is 0.124 e. The Hall–Kier alpha value is -3.80. The number of nitrogens with zero attached hydrogens (tertiary/aromatic N) is 2. The Morgan fingerprint density at radius 3 is 2.26 bits per heavy atom. The molecule has 0 N–H and O–H groups in total. The number of rotatable bonds is 5. The van der Waals surface area contributed by atoms with Crippen molar-refractivity contribution in [1.29, 1.82) is 0 Å². The number of fused-ring (bicyclic) bond motifs is 3. The summed E-state index contributed by atoms with van der Waals surface area (Å²) in [5.41, 5.74) is 10.8. The van der Waals surface area contributed by atoms with Gasteiger partial charge in [-0.15, -0.1) is 59.2 Å². The minimum Gasteiger partial charge on any atom is -0.305 e. The fraction of sp³-hybridized carbons (Fsp3) is 0.227. The minimum absolute atomic E-state index is 0. The summed E-state index contributed by atoms with van der Waals surface area (Å²) in [6, 6.07) is 30.8. The molecule has 0 aliphatic rings. The molecule has 2 nitrogen and oxygen atoms in total. The van der Waals surface area contributed by atoms with Crippen LogP contribution in [0.3, 0.4) is 0 Å². The van der Waals surface area contributed by atoms with Crippen molar-refractivity contribution >= 4 is 44.8 Å². The zero-order valence-electron chi connectivity index (χ0n) is 33.7. The summed E-state index contributed by atoms with van der Waals surface area (Å²) in [5, 5.41) is 3.38. The normalized spacial score (nSPS) is 13.1. The average molecular weight is 875 g/mol. The van der Waals surface area contributed by atoms with Gasteiger partial charge in [0.1, 0.15) is 5.82 Å². The summed E-state index contributed by atoms with van der Waals surface area (Å²) in [5.74, 6) is -0.925. The molecule has 0 bridgehead atoms.